The second kappa shape index (κ2) is 7.49. The number of nitriles is 1. The van der Waals surface area contributed by atoms with Crippen LogP contribution in [0.2, 0.25) is 0 Å². The van der Waals surface area contributed by atoms with Crippen LogP contribution in [-0.2, 0) is 6.54 Å². The molecule has 6 nitrogen and oxygen atoms in total. The first-order valence-electron chi connectivity index (χ1n) is 8.54. The summed E-state index contributed by atoms with van der Waals surface area (Å²) >= 11 is 0. The standard InChI is InChI=1S/C19H24N6/c1-15-12-18(22-19(21-15)23(2)3)25-10-8-24(9-11-25)14-17-6-4-16(13-20)5-7-17/h4-7,12H,8-11,14H2,1-3H3. The fraction of sp³-hybridized carbons (Fsp3) is 0.421. The largest absolute Gasteiger partial charge is 0.354 e. The Morgan fingerprint density at radius 1 is 1.08 bits per heavy atom. The molecule has 130 valence electrons. The highest BCUT2D eigenvalue weighted by Gasteiger charge is 2.19. The van der Waals surface area contributed by atoms with Crippen LogP contribution in [0.1, 0.15) is 16.8 Å². The first-order chi connectivity index (χ1) is 12.0. The number of nitrogens with zero attached hydrogens (tertiary/aromatic N) is 6. The van der Waals surface area contributed by atoms with Crippen molar-refractivity contribution in [1.29, 1.82) is 5.26 Å². The molecule has 0 radical (unpaired) electrons. The fourth-order valence-corrected chi connectivity index (χ4v) is 2.98. The molecule has 0 bridgehead atoms. The maximum atomic E-state index is 8.88. The Morgan fingerprint density at radius 3 is 2.36 bits per heavy atom. The Morgan fingerprint density at radius 2 is 1.76 bits per heavy atom. The van der Waals surface area contributed by atoms with Crippen molar-refractivity contribution in [3.8, 4) is 6.07 Å². The average molecular weight is 336 g/mol. The minimum Gasteiger partial charge on any atom is -0.354 e. The van der Waals surface area contributed by atoms with Crippen molar-refractivity contribution in [1.82, 2.24) is 14.9 Å². The van der Waals surface area contributed by atoms with Gasteiger partial charge in [-0.1, -0.05) is 12.1 Å². The van der Waals surface area contributed by atoms with Gasteiger partial charge in [0.05, 0.1) is 11.6 Å². The van der Waals surface area contributed by atoms with Crippen molar-refractivity contribution in [2.24, 2.45) is 0 Å². The molecule has 0 saturated carbocycles. The monoisotopic (exact) mass is 336 g/mol. The lowest BCUT2D eigenvalue weighted by molar-refractivity contribution is 0.249. The van der Waals surface area contributed by atoms with Gasteiger partial charge in [-0.15, -0.1) is 0 Å². The second-order valence-corrected chi connectivity index (χ2v) is 6.63. The van der Waals surface area contributed by atoms with E-state index in [0.717, 1.165) is 50.2 Å². The van der Waals surface area contributed by atoms with Gasteiger partial charge in [0.1, 0.15) is 5.82 Å². The van der Waals surface area contributed by atoms with Gasteiger partial charge >= 0.3 is 0 Å². The fourth-order valence-electron chi connectivity index (χ4n) is 2.98. The lowest BCUT2D eigenvalue weighted by Gasteiger charge is -2.35. The molecule has 0 amide bonds. The summed E-state index contributed by atoms with van der Waals surface area (Å²) in [5, 5.41) is 8.88. The molecule has 2 heterocycles. The van der Waals surface area contributed by atoms with E-state index in [1.807, 2.05) is 50.2 Å². The number of aryl methyl sites for hydroxylation is 1. The highest BCUT2D eigenvalue weighted by molar-refractivity contribution is 5.45. The topological polar surface area (TPSA) is 59.3 Å². The van der Waals surface area contributed by atoms with Crippen LogP contribution in [0.5, 0.6) is 0 Å². The van der Waals surface area contributed by atoms with Gasteiger partial charge in [0.15, 0.2) is 0 Å². The summed E-state index contributed by atoms with van der Waals surface area (Å²) in [4.78, 5) is 15.9. The van der Waals surface area contributed by atoms with Crippen LogP contribution in [0.25, 0.3) is 0 Å². The Hall–Kier alpha value is -2.65. The molecule has 1 saturated heterocycles. The summed E-state index contributed by atoms with van der Waals surface area (Å²) in [6, 6.07) is 12.1. The molecule has 0 N–H and O–H groups in total. The lowest BCUT2D eigenvalue weighted by Crippen LogP contribution is -2.46. The van der Waals surface area contributed by atoms with Crippen LogP contribution in [-0.4, -0.2) is 55.1 Å². The number of piperazine rings is 1. The Labute approximate surface area is 149 Å². The normalized spacial score (nSPS) is 15.0. The van der Waals surface area contributed by atoms with Crippen molar-refractivity contribution in [3.63, 3.8) is 0 Å². The van der Waals surface area contributed by atoms with Crippen LogP contribution in [0.15, 0.2) is 30.3 Å². The van der Waals surface area contributed by atoms with Gasteiger partial charge in [-0.25, -0.2) is 4.98 Å². The SMILES string of the molecule is Cc1cc(N2CCN(Cc3ccc(C#N)cc3)CC2)nc(N(C)C)n1. The van der Waals surface area contributed by atoms with Gasteiger partial charge in [0.25, 0.3) is 0 Å². The summed E-state index contributed by atoms with van der Waals surface area (Å²) < 4.78 is 0. The molecule has 2 aromatic rings. The zero-order chi connectivity index (χ0) is 17.8. The summed E-state index contributed by atoms with van der Waals surface area (Å²) in [5.74, 6) is 1.77. The summed E-state index contributed by atoms with van der Waals surface area (Å²) in [5.41, 5.74) is 2.96. The minimum atomic E-state index is 0.712. The summed E-state index contributed by atoms with van der Waals surface area (Å²) in [6.07, 6.45) is 0. The van der Waals surface area contributed by atoms with Crippen molar-refractivity contribution in [3.05, 3.63) is 47.2 Å². The predicted molar refractivity (Wildman–Crippen MR) is 99.7 cm³/mol. The Balaban J connectivity index is 1.61. The number of aromatic nitrogens is 2. The highest BCUT2D eigenvalue weighted by atomic mass is 15.3. The van der Waals surface area contributed by atoms with Crippen LogP contribution in [0, 0.1) is 18.3 Å². The van der Waals surface area contributed by atoms with E-state index in [4.69, 9.17) is 5.26 Å². The van der Waals surface area contributed by atoms with E-state index in [9.17, 15) is 0 Å². The molecule has 1 aliphatic heterocycles. The van der Waals surface area contributed by atoms with E-state index in [1.54, 1.807) is 0 Å². The van der Waals surface area contributed by atoms with E-state index in [2.05, 4.69) is 31.9 Å². The third-order valence-corrected chi connectivity index (χ3v) is 4.41. The molecule has 1 aromatic heterocycles. The molecular formula is C19H24N6. The number of benzene rings is 1. The molecule has 0 unspecified atom stereocenters. The number of hydrogen-bond acceptors (Lipinski definition) is 6. The quantitative estimate of drug-likeness (QED) is 0.852. The molecular weight excluding hydrogens is 312 g/mol. The number of hydrogen-bond donors (Lipinski definition) is 0. The van der Waals surface area contributed by atoms with E-state index in [0.29, 0.717) is 5.56 Å². The maximum absolute atomic E-state index is 8.88. The highest BCUT2D eigenvalue weighted by Crippen LogP contribution is 2.19. The number of anilines is 2. The molecule has 3 rings (SSSR count). The summed E-state index contributed by atoms with van der Waals surface area (Å²) in [6.45, 7) is 6.85. The van der Waals surface area contributed by atoms with Gasteiger partial charge in [0.2, 0.25) is 5.95 Å². The molecule has 1 fully saturated rings. The van der Waals surface area contributed by atoms with E-state index in [1.165, 1.54) is 5.56 Å². The van der Waals surface area contributed by atoms with Crippen LogP contribution in [0.4, 0.5) is 11.8 Å². The van der Waals surface area contributed by atoms with Gasteiger partial charge in [-0.05, 0) is 24.6 Å². The third-order valence-electron chi connectivity index (χ3n) is 4.41. The zero-order valence-corrected chi connectivity index (χ0v) is 15.1. The molecule has 25 heavy (non-hydrogen) atoms. The number of rotatable bonds is 4. The van der Waals surface area contributed by atoms with E-state index < -0.39 is 0 Å². The van der Waals surface area contributed by atoms with Crippen molar-refractivity contribution >= 4 is 11.8 Å². The average Bonchev–Trinajstić information content (AvgIpc) is 2.62. The molecule has 0 spiro atoms. The van der Waals surface area contributed by atoms with E-state index >= 15 is 0 Å². The maximum Gasteiger partial charge on any atom is 0.226 e. The van der Waals surface area contributed by atoms with E-state index in [-0.39, 0.29) is 0 Å². The smallest absolute Gasteiger partial charge is 0.226 e. The first-order valence-corrected chi connectivity index (χ1v) is 8.54. The second-order valence-electron chi connectivity index (χ2n) is 6.63. The van der Waals surface area contributed by atoms with Crippen molar-refractivity contribution in [2.45, 2.75) is 13.5 Å². The van der Waals surface area contributed by atoms with Gasteiger partial charge in [-0.3, -0.25) is 4.90 Å². The predicted octanol–water partition coefficient (Wildman–Crippen LogP) is 2.04. The molecule has 0 aliphatic carbocycles. The van der Waals surface area contributed by atoms with Crippen molar-refractivity contribution < 1.29 is 0 Å². The van der Waals surface area contributed by atoms with Crippen LogP contribution >= 0.6 is 0 Å². The van der Waals surface area contributed by atoms with Crippen LogP contribution in [0.3, 0.4) is 0 Å². The molecule has 1 aliphatic rings. The lowest BCUT2D eigenvalue weighted by atomic mass is 10.1. The van der Waals surface area contributed by atoms with Crippen molar-refractivity contribution in [2.75, 3.05) is 50.1 Å². The van der Waals surface area contributed by atoms with Crippen LogP contribution < -0.4 is 9.80 Å². The van der Waals surface area contributed by atoms with Gasteiger partial charge in [0, 0.05) is 58.6 Å². The summed E-state index contributed by atoms with van der Waals surface area (Å²) in [7, 11) is 3.93. The molecule has 0 atom stereocenters. The molecule has 1 aromatic carbocycles. The minimum absolute atomic E-state index is 0.712. The third kappa shape index (κ3) is 4.25. The Bertz CT molecular complexity index is 754. The van der Waals surface area contributed by atoms with Gasteiger partial charge in [-0.2, -0.15) is 10.2 Å². The Kier molecular flexibility index (Phi) is 5.15. The van der Waals surface area contributed by atoms with Gasteiger partial charge < -0.3 is 9.80 Å². The zero-order valence-electron chi connectivity index (χ0n) is 15.1. The molecule has 6 heteroatoms. The first kappa shape index (κ1) is 17.2.